The normalized spacial score (nSPS) is 14.0. The van der Waals surface area contributed by atoms with E-state index in [1.54, 1.807) is 6.07 Å². The monoisotopic (exact) mass is 426 g/mol. The van der Waals surface area contributed by atoms with Gasteiger partial charge in [0.15, 0.2) is 5.76 Å². The quantitative estimate of drug-likeness (QED) is 0.721. The second kappa shape index (κ2) is 8.49. The fourth-order valence-corrected chi connectivity index (χ4v) is 3.28. The number of amides is 2. The van der Waals surface area contributed by atoms with Gasteiger partial charge >= 0.3 is 6.18 Å². The Morgan fingerprint density at radius 1 is 1.23 bits per heavy atom. The lowest BCUT2D eigenvalue weighted by molar-refractivity contribution is -0.138. The molecule has 0 aliphatic carbocycles. The van der Waals surface area contributed by atoms with Gasteiger partial charge in [-0.1, -0.05) is 13.8 Å². The maximum Gasteiger partial charge on any atom is 0.417 e. The van der Waals surface area contributed by atoms with Gasteiger partial charge in [-0.3, -0.25) is 9.59 Å². The number of nitrogens with zero attached hydrogens (tertiary/aromatic N) is 1. The second-order valence-electron chi connectivity index (χ2n) is 7.66. The van der Waals surface area contributed by atoms with Crippen molar-refractivity contribution in [3.8, 4) is 0 Å². The Morgan fingerprint density at radius 2 is 1.97 bits per heavy atom. The van der Waals surface area contributed by atoms with Crippen LogP contribution in [0.1, 0.15) is 58.1 Å². The van der Waals surface area contributed by atoms with Gasteiger partial charge in [0.1, 0.15) is 11.6 Å². The van der Waals surface area contributed by atoms with Crippen molar-refractivity contribution < 1.29 is 31.6 Å². The Hall–Kier alpha value is -2.84. The van der Waals surface area contributed by atoms with E-state index in [0.29, 0.717) is 42.8 Å². The molecule has 0 fully saturated rings. The maximum atomic E-state index is 13.5. The molecule has 0 atom stereocenters. The number of hydrogen-bond acceptors (Lipinski definition) is 3. The molecule has 1 aromatic carbocycles. The summed E-state index contributed by atoms with van der Waals surface area (Å²) in [7, 11) is 0. The molecule has 2 heterocycles. The van der Waals surface area contributed by atoms with Gasteiger partial charge < -0.3 is 14.6 Å². The second-order valence-corrected chi connectivity index (χ2v) is 7.66. The van der Waals surface area contributed by atoms with Gasteiger partial charge in [0, 0.05) is 13.1 Å². The lowest BCUT2D eigenvalue weighted by Gasteiger charge is -2.27. The van der Waals surface area contributed by atoms with Gasteiger partial charge in [-0.15, -0.1) is 0 Å². The van der Waals surface area contributed by atoms with E-state index in [-0.39, 0.29) is 24.8 Å². The maximum absolute atomic E-state index is 13.5. The molecule has 30 heavy (non-hydrogen) atoms. The van der Waals surface area contributed by atoms with Gasteiger partial charge in [-0.2, -0.15) is 13.2 Å². The molecule has 2 amide bonds. The van der Waals surface area contributed by atoms with Crippen molar-refractivity contribution in [3.63, 3.8) is 0 Å². The number of carbonyl (C=O) groups excluding carboxylic acids is 2. The lowest BCUT2D eigenvalue weighted by Crippen LogP contribution is -2.36. The molecule has 0 spiro atoms. The molecule has 0 saturated heterocycles. The molecule has 1 aromatic heterocycles. The van der Waals surface area contributed by atoms with Crippen LogP contribution in [-0.4, -0.2) is 29.8 Å². The van der Waals surface area contributed by atoms with Crippen molar-refractivity contribution in [3.05, 3.63) is 58.3 Å². The summed E-state index contributed by atoms with van der Waals surface area (Å²) in [5.74, 6) is -1.38. The number of hydrogen-bond donors (Lipinski definition) is 1. The average Bonchev–Trinajstić information content (AvgIpc) is 3.09. The summed E-state index contributed by atoms with van der Waals surface area (Å²) in [6, 6.07) is 3.41. The molecule has 0 radical (unpaired) electrons. The van der Waals surface area contributed by atoms with Crippen molar-refractivity contribution >= 4 is 11.8 Å². The van der Waals surface area contributed by atoms with Crippen LogP contribution in [0.4, 0.5) is 17.6 Å². The molecule has 0 saturated carbocycles. The minimum Gasteiger partial charge on any atom is -0.454 e. The molecular weight excluding hydrogens is 404 g/mol. The van der Waals surface area contributed by atoms with Crippen molar-refractivity contribution in [2.75, 3.05) is 13.1 Å². The van der Waals surface area contributed by atoms with E-state index in [1.165, 1.54) is 0 Å². The van der Waals surface area contributed by atoms with Crippen LogP contribution in [-0.2, 0) is 19.1 Å². The third kappa shape index (κ3) is 4.83. The smallest absolute Gasteiger partial charge is 0.417 e. The molecule has 1 aliphatic heterocycles. The first-order chi connectivity index (χ1) is 14.1. The molecule has 0 bridgehead atoms. The fourth-order valence-electron chi connectivity index (χ4n) is 3.28. The number of carbonyl (C=O) groups is 2. The Balaban J connectivity index is 1.76. The molecule has 9 heteroatoms. The molecule has 2 aromatic rings. The predicted octanol–water partition coefficient (Wildman–Crippen LogP) is 4.41. The van der Waals surface area contributed by atoms with Crippen molar-refractivity contribution in [1.29, 1.82) is 0 Å². The van der Waals surface area contributed by atoms with E-state index in [9.17, 15) is 27.2 Å². The molecule has 1 aliphatic rings. The molecule has 5 nitrogen and oxygen atoms in total. The van der Waals surface area contributed by atoms with Gasteiger partial charge in [-0.25, -0.2) is 4.39 Å². The van der Waals surface area contributed by atoms with E-state index in [4.69, 9.17) is 4.42 Å². The van der Waals surface area contributed by atoms with Crippen LogP contribution < -0.4 is 5.32 Å². The first-order valence-electron chi connectivity index (χ1n) is 9.62. The highest BCUT2D eigenvalue weighted by atomic mass is 19.4. The molecule has 3 rings (SSSR count). The fraction of sp³-hybridized carbons (Fsp3) is 0.429. The van der Waals surface area contributed by atoms with Crippen molar-refractivity contribution in [2.45, 2.75) is 39.4 Å². The largest absolute Gasteiger partial charge is 0.454 e. The topological polar surface area (TPSA) is 62.6 Å². The predicted molar refractivity (Wildman–Crippen MR) is 100 cm³/mol. The lowest BCUT2D eigenvalue weighted by atomic mass is 10.0. The number of nitrogens with one attached hydrogen (secondary N) is 1. The number of furan rings is 1. The number of rotatable bonds is 5. The van der Waals surface area contributed by atoms with Gasteiger partial charge in [0.2, 0.25) is 0 Å². The van der Waals surface area contributed by atoms with E-state index in [2.05, 4.69) is 5.32 Å². The third-order valence-electron chi connectivity index (χ3n) is 4.92. The summed E-state index contributed by atoms with van der Waals surface area (Å²) in [6.07, 6.45) is -3.66. The Bertz CT molecular complexity index is 950. The Kier molecular flexibility index (Phi) is 6.19. The minimum atomic E-state index is -4.79. The Morgan fingerprint density at radius 3 is 2.63 bits per heavy atom. The summed E-state index contributed by atoms with van der Waals surface area (Å²) in [5, 5.41) is 2.75. The van der Waals surface area contributed by atoms with Crippen LogP contribution in [0, 0.1) is 11.7 Å². The summed E-state index contributed by atoms with van der Waals surface area (Å²) >= 11 is 0. The summed E-state index contributed by atoms with van der Waals surface area (Å²) in [4.78, 5) is 26.1. The number of benzene rings is 1. The van der Waals surface area contributed by atoms with Crippen molar-refractivity contribution in [1.82, 2.24) is 10.2 Å². The molecule has 162 valence electrons. The number of halogens is 4. The summed E-state index contributed by atoms with van der Waals surface area (Å²) < 4.78 is 58.8. The van der Waals surface area contributed by atoms with E-state index in [0.717, 1.165) is 16.9 Å². The van der Waals surface area contributed by atoms with E-state index < -0.39 is 29.0 Å². The highest BCUT2D eigenvalue weighted by Crippen LogP contribution is 2.34. The van der Waals surface area contributed by atoms with Gasteiger partial charge in [0.25, 0.3) is 11.8 Å². The molecule has 0 unspecified atom stereocenters. The van der Waals surface area contributed by atoms with E-state index in [1.807, 2.05) is 13.8 Å². The molecular formula is C21H22F4N2O3. The summed E-state index contributed by atoms with van der Waals surface area (Å²) in [5.41, 5.74) is -1.21. The highest BCUT2D eigenvalue weighted by molar-refractivity contribution is 5.96. The Labute approximate surface area is 171 Å². The zero-order valence-electron chi connectivity index (χ0n) is 16.6. The van der Waals surface area contributed by atoms with Crippen molar-refractivity contribution in [2.24, 2.45) is 5.92 Å². The summed E-state index contributed by atoms with van der Waals surface area (Å²) in [6.45, 7) is 4.60. The zero-order valence-corrected chi connectivity index (χ0v) is 16.6. The minimum absolute atomic E-state index is 0.0960. The van der Waals surface area contributed by atoms with E-state index >= 15 is 0 Å². The first-order valence-corrected chi connectivity index (χ1v) is 9.62. The van der Waals surface area contributed by atoms with Gasteiger partial charge in [-0.05, 0) is 48.6 Å². The molecule has 1 N–H and O–H groups in total. The highest BCUT2D eigenvalue weighted by Gasteiger charge is 2.37. The average molecular weight is 426 g/mol. The standard InChI is InChI=1S/C21H22F4N2O3/c1-12(2)5-7-26-19(28)17-9-13-6-8-27(11-18(13)30-17)20(29)15-10-14(22)3-4-16(15)21(23,24)25/h3-4,9-10,12H,5-8,11H2,1-2H3,(H,26,28). The first kappa shape index (κ1) is 21.9. The van der Waals surface area contributed by atoms with Crippen LogP contribution in [0.2, 0.25) is 0 Å². The zero-order chi connectivity index (χ0) is 22.1. The third-order valence-corrected chi connectivity index (χ3v) is 4.92. The van der Waals surface area contributed by atoms with Gasteiger partial charge in [0.05, 0.1) is 17.7 Å². The van der Waals surface area contributed by atoms with Crippen LogP contribution >= 0.6 is 0 Å². The number of alkyl halides is 3. The van der Waals surface area contributed by atoms with Crippen LogP contribution in [0.5, 0.6) is 0 Å². The van der Waals surface area contributed by atoms with Crippen LogP contribution in [0.15, 0.2) is 28.7 Å². The van der Waals surface area contributed by atoms with Crippen LogP contribution in [0.25, 0.3) is 0 Å². The van der Waals surface area contributed by atoms with Crippen LogP contribution in [0.3, 0.4) is 0 Å². The SMILES string of the molecule is CC(C)CCNC(=O)c1cc2c(o1)CN(C(=O)c1cc(F)ccc1C(F)(F)F)CC2. The number of fused-ring (bicyclic) bond motifs is 1.